The third-order valence-corrected chi connectivity index (χ3v) is 9.87. The average Bonchev–Trinajstić information content (AvgIpc) is 2.50. The molecule has 19 heavy (non-hydrogen) atoms. The molecular formula is C16H22OSi2. The van der Waals surface area contributed by atoms with E-state index in [0.717, 1.165) is 0 Å². The van der Waals surface area contributed by atoms with Gasteiger partial charge in [-0.05, 0) is 22.5 Å². The Balaban J connectivity index is 2.29. The molecule has 0 amide bonds. The summed E-state index contributed by atoms with van der Waals surface area (Å²) in [5.74, 6) is 0. The molecule has 0 radical (unpaired) electrons. The van der Waals surface area contributed by atoms with Crippen molar-refractivity contribution in [1.29, 1.82) is 0 Å². The van der Waals surface area contributed by atoms with Crippen LogP contribution in [0.25, 0.3) is 0 Å². The molecular weight excluding hydrogens is 264 g/mol. The first-order valence-corrected chi connectivity index (χ1v) is 10.8. The molecule has 0 unspecified atom stereocenters. The van der Waals surface area contributed by atoms with Gasteiger partial charge in [0, 0.05) is 0 Å². The van der Waals surface area contributed by atoms with Crippen molar-refractivity contribution in [1.82, 2.24) is 0 Å². The Labute approximate surface area is 119 Å². The fraction of sp³-hybridized carbons (Fsp3) is 0.250. The van der Waals surface area contributed by atoms with Crippen molar-refractivity contribution in [3.05, 3.63) is 60.7 Å². The van der Waals surface area contributed by atoms with E-state index in [-0.39, 0.29) is 0 Å². The standard InChI is InChI=1S/C16H22OSi2/c1-3-18(4-2)17-19(15-11-7-5-8-12-15)16-13-9-6-10-14-16/h5-14,18-19H,3-4H2,1-2H3. The summed E-state index contributed by atoms with van der Waals surface area (Å²) in [6.45, 7) is 4.53. The van der Waals surface area contributed by atoms with Crippen LogP contribution in [0.5, 0.6) is 0 Å². The Bertz CT molecular complexity index is 429. The highest BCUT2D eigenvalue weighted by molar-refractivity contribution is 6.84. The molecule has 0 aromatic heterocycles. The topological polar surface area (TPSA) is 9.23 Å². The van der Waals surface area contributed by atoms with Crippen LogP contribution < -0.4 is 10.4 Å². The van der Waals surface area contributed by atoms with E-state index in [1.807, 2.05) is 0 Å². The van der Waals surface area contributed by atoms with Crippen LogP contribution in [0.2, 0.25) is 12.1 Å². The lowest BCUT2D eigenvalue weighted by Crippen LogP contribution is -2.48. The zero-order chi connectivity index (χ0) is 13.5. The van der Waals surface area contributed by atoms with Gasteiger partial charge in [0.2, 0.25) is 9.04 Å². The number of rotatable bonds is 6. The van der Waals surface area contributed by atoms with Crippen LogP contribution >= 0.6 is 0 Å². The van der Waals surface area contributed by atoms with Crippen LogP contribution in [0.3, 0.4) is 0 Å². The molecule has 1 nitrogen and oxygen atoms in total. The van der Waals surface area contributed by atoms with Crippen LogP contribution in [0.15, 0.2) is 60.7 Å². The SMILES string of the molecule is CC[SiH](CC)O[SiH](c1ccccc1)c1ccccc1. The molecule has 0 saturated heterocycles. The number of hydrogen-bond acceptors (Lipinski definition) is 1. The Hall–Kier alpha value is -1.17. The van der Waals surface area contributed by atoms with Crippen molar-refractivity contribution in [2.24, 2.45) is 0 Å². The van der Waals surface area contributed by atoms with E-state index in [9.17, 15) is 0 Å². The molecule has 0 saturated carbocycles. The first-order chi connectivity index (χ1) is 9.35. The van der Waals surface area contributed by atoms with Gasteiger partial charge in [0.1, 0.15) is 0 Å². The van der Waals surface area contributed by atoms with Crippen LogP contribution in [0.1, 0.15) is 13.8 Å². The quantitative estimate of drug-likeness (QED) is 0.741. The maximum Gasteiger partial charge on any atom is 0.228 e. The minimum absolute atomic E-state index is 1.03. The maximum atomic E-state index is 6.60. The minimum Gasteiger partial charge on any atom is -0.453 e. The average molecular weight is 287 g/mol. The van der Waals surface area contributed by atoms with Gasteiger partial charge in [-0.15, -0.1) is 0 Å². The van der Waals surface area contributed by atoms with Gasteiger partial charge in [-0.2, -0.15) is 0 Å². The smallest absolute Gasteiger partial charge is 0.228 e. The highest BCUT2D eigenvalue weighted by Gasteiger charge is 2.20. The van der Waals surface area contributed by atoms with E-state index in [2.05, 4.69) is 74.5 Å². The van der Waals surface area contributed by atoms with Crippen LogP contribution in [-0.2, 0) is 4.12 Å². The third-order valence-electron chi connectivity index (χ3n) is 3.44. The Kier molecular flexibility index (Phi) is 5.57. The maximum absolute atomic E-state index is 6.60. The van der Waals surface area contributed by atoms with E-state index in [0.29, 0.717) is 0 Å². The van der Waals surface area contributed by atoms with Gasteiger partial charge in [-0.25, -0.2) is 0 Å². The fourth-order valence-electron chi connectivity index (χ4n) is 2.28. The molecule has 0 atom stereocenters. The summed E-state index contributed by atoms with van der Waals surface area (Å²) in [7, 11) is -2.51. The molecule has 0 N–H and O–H groups in total. The molecule has 100 valence electrons. The fourth-order valence-corrected chi connectivity index (χ4v) is 8.72. The van der Waals surface area contributed by atoms with Crippen LogP contribution in [0.4, 0.5) is 0 Å². The zero-order valence-electron chi connectivity index (χ0n) is 11.8. The number of hydrogen-bond donors (Lipinski definition) is 0. The molecule has 2 aromatic carbocycles. The van der Waals surface area contributed by atoms with E-state index < -0.39 is 18.1 Å². The van der Waals surface area contributed by atoms with Crippen molar-refractivity contribution in [3.63, 3.8) is 0 Å². The second-order valence-electron chi connectivity index (χ2n) is 4.78. The molecule has 0 heterocycles. The highest BCUT2D eigenvalue weighted by atomic mass is 28.4. The largest absolute Gasteiger partial charge is 0.453 e. The van der Waals surface area contributed by atoms with Gasteiger partial charge in [0.25, 0.3) is 0 Å². The van der Waals surface area contributed by atoms with Crippen molar-refractivity contribution < 1.29 is 4.12 Å². The van der Waals surface area contributed by atoms with E-state index >= 15 is 0 Å². The van der Waals surface area contributed by atoms with Crippen LogP contribution in [0, 0.1) is 0 Å². The van der Waals surface area contributed by atoms with Gasteiger partial charge in [0.05, 0.1) is 0 Å². The van der Waals surface area contributed by atoms with Crippen molar-refractivity contribution in [3.8, 4) is 0 Å². The zero-order valence-corrected chi connectivity index (χ0v) is 14.1. The minimum atomic E-state index is -1.48. The van der Waals surface area contributed by atoms with Crippen molar-refractivity contribution in [2.75, 3.05) is 0 Å². The summed E-state index contributed by atoms with van der Waals surface area (Å²) < 4.78 is 6.60. The number of benzene rings is 2. The summed E-state index contributed by atoms with van der Waals surface area (Å²) in [5.41, 5.74) is 0. The summed E-state index contributed by atoms with van der Waals surface area (Å²) in [6, 6.07) is 24.0. The first kappa shape index (κ1) is 14.2. The third kappa shape index (κ3) is 3.90. The Morgan fingerprint density at radius 2 is 1.16 bits per heavy atom. The molecule has 0 spiro atoms. The molecule has 2 aromatic rings. The lowest BCUT2D eigenvalue weighted by Gasteiger charge is -2.22. The van der Waals surface area contributed by atoms with Gasteiger partial charge in [0.15, 0.2) is 9.04 Å². The summed E-state index contributed by atoms with van der Waals surface area (Å²) in [6.07, 6.45) is 0. The van der Waals surface area contributed by atoms with Gasteiger partial charge in [-0.1, -0.05) is 74.5 Å². The summed E-state index contributed by atoms with van der Waals surface area (Å²) >= 11 is 0. The lowest BCUT2D eigenvalue weighted by atomic mass is 10.4. The van der Waals surface area contributed by atoms with Crippen molar-refractivity contribution in [2.45, 2.75) is 25.9 Å². The van der Waals surface area contributed by atoms with Gasteiger partial charge >= 0.3 is 0 Å². The Morgan fingerprint density at radius 1 is 0.737 bits per heavy atom. The first-order valence-electron chi connectivity index (χ1n) is 7.10. The van der Waals surface area contributed by atoms with Gasteiger partial charge in [-0.3, -0.25) is 0 Å². The van der Waals surface area contributed by atoms with Crippen molar-refractivity contribution >= 4 is 28.5 Å². The molecule has 0 bridgehead atoms. The summed E-state index contributed by atoms with van der Waals surface area (Å²) in [4.78, 5) is 0. The molecule has 0 aliphatic heterocycles. The van der Waals surface area contributed by atoms with Gasteiger partial charge < -0.3 is 4.12 Å². The summed E-state index contributed by atoms with van der Waals surface area (Å²) in [5, 5.41) is 2.79. The molecule has 0 aliphatic carbocycles. The predicted octanol–water partition coefficient (Wildman–Crippen LogP) is 2.30. The predicted molar refractivity (Wildman–Crippen MR) is 88.5 cm³/mol. The molecule has 3 heteroatoms. The second kappa shape index (κ2) is 7.43. The molecule has 2 rings (SSSR count). The normalized spacial score (nSPS) is 11.2. The lowest BCUT2D eigenvalue weighted by molar-refractivity contribution is 0.603. The highest BCUT2D eigenvalue weighted by Crippen LogP contribution is 2.04. The van der Waals surface area contributed by atoms with E-state index in [1.54, 1.807) is 0 Å². The monoisotopic (exact) mass is 286 g/mol. The Morgan fingerprint density at radius 3 is 1.53 bits per heavy atom. The van der Waals surface area contributed by atoms with E-state index in [4.69, 9.17) is 4.12 Å². The van der Waals surface area contributed by atoms with Crippen LogP contribution in [-0.4, -0.2) is 18.1 Å². The second-order valence-corrected chi connectivity index (χ2v) is 10.8. The van der Waals surface area contributed by atoms with E-state index in [1.165, 1.54) is 22.5 Å². The molecule has 0 aliphatic rings. The molecule has 0 fully saturated rings.